The van der Waals surface area contributed by atoms with Crippen molar-refractivity contribution in [3.05, 3.63) is 100 Å². The number of hydrogen-bond donors (Lipinski definition) is 1. The van der Waals surface area contributed by atoms with Crippen LogP contribution in [0, 0.1) is 6.92 Å². The monoisotopic (exact) mass is 538 g/mol. The van der Waals surface area contributed by atoms with Gasteiger partial charge in [-0.3, -0.25) is 9.59 Å². The van der Waals surface area contributed by atoms with Gasteiger partial charge in [0.05, 0.1) is 5.75 Å². The van der Waals surface area contributed by atoms with Crippen molar-refractivity contribution in [2.45, 2.75) is 50.7 Å². The van der Waals surface area contributed by atoms with Gasteiger partial charge in [-0.1, -0.05) is 76.1 Å². The Morgan fingerprint density at radius 2 is 1.56 bits per heavy atom. The average molecular weight is 540 g/mol. The van der Waals surface area contributed by atoms with Crippen LogP contribution in [-0.4, -0.2) is 34.6 Å². The highest BCUT2D eigenvalue weighted by atomic mass is 79.9. The Balaban J connectivity index is 1.89. The zero-order valence-corrected chi connectivity index (χ0v) is 22.2. The van der Waals surface area contributed by atoms with Gasteiger partial charge in [-0.05, 0) is 56.2 Å². The van der Waals surface area contributed by atoms with Crippen LogP contribution in [0.4, 0.5) is 0 Å². The predicted octanol–water partition coefficient (Wildman–Crippen LogP) is 6.01. The Labute approximate surface area is 215 Å². The lowest BCUT2D eigenvalue weighted by molar-refractivity contribution is -0.139. The van der Waals surface area contributed by atoms with Crippen LogP contribution in [0.3, 0.4) is 0 Å². The number of rotatable bonds is 10. The molecule has 2 amide bonds. The van der Waals surface area contributed by atoms with Crippen molar-refractivity contribution in [3.63, 3.8) is 0 Å². The number of amides is 2. The second-order valence-electron chi connectivity index (χ2n) is 8.62. The quantitative estimate of drug-likeness (QED) is 0.321. The number of hydrogen-bond acceptors (Lipinski definition) is 3. The zero-order chi connectivity index (χ0) is 24.5. The molecule has 0 aliphatic carbocycles. The molecule has 0 aliphatic heterocycles. The van der Waals surface area contributed by atoms with Gasteiger partial charge in [0.2, 0.25) is 11.8 Å². The molecule has 6 heteroatoms. The maximum absolute atomic E-state index is 13.6. The highest BCUT2D eigenvalue weighted by Gasteiger charge is 2.30. The van der Waals surface area contributed by atoms with Gasteiger partial charge in [0.15, 0.2) is 0 Å². The number of benzene rings is 3. The molecule has 0 radical (unpaired) electrons. The van der Waals surface area contributed by atoms with Crippen molar-refractivity contribution in [2.75, 3.05) is 5.75 Å². The van der Waals surface area contributed by atoms with Crippen LogP contribution in [0.15, 0.2) is 88.2 Å². The summed E-state index contributed by atoms with van der Waals surface area (Å²) in [6.45, 7) is 6.28. The molecule has 178 valence electrons. The van der Waals surface area contributed by atoms with E-state index in [4.69, 9.17) is 0 Å². The van der Waals surface area contributed by atoms with Gasteiger partial charge in [-0.25, -0.2) is 0 Å². The molecule has 0 bridgehead atoms. The first kappa shape index (κ1) is 26.0. The van der Waals surface area contributed by atoms with Crippen molar-refractivity contribution in [1.82, 2.24) is 10.2 Å². The molecule has 0 aromatic heterocycles. The molecule has 0 fully saturated rings. The van der Waals surface area contributed by atoms with Crippen molar-refractivity contribution in [3.8, 4) is 0 Å². The van der Waals surface area contributed by atoms with E-state index in [9.17, 15) is 9.59 Å². The lowest BCUT2D eigenvalue weighted by atomic mass is 10.0. The predicted molar refractivity (Wildman–Crippen MR) is 144 cm³/mol. The molecule has 3 rings (SSSR count). The average Bonchev–Trinajstić information content (AvgIpc) is 2.82. The summed E-state index contributed by atoms with van der Waals surface area (Å²) >= 11 is 4.97. The minimum atomic E-state index is -0.612. The Hall–Kier alpha value is -2.57. The summed E-state index contributed by atoms with van der Waals surface area (Å²) in [5, 5.41) is 3.03. The van der Waals surface area contributed by atoms with Crippen molar-refractivity contribution in [2.24, 2.45) is 0 Å². The number of carbonyl (C=O) groups excluding carboxylic acids is 2. The molecule has 1 N–H and O–H groups in total. The smallest absolute Gasteiger partial charge is 0.243 e. The summed E-state index contributed by atoms with van der Waals surface area (Å²) in [6, 6.07) is 25.3. The summed E-state index contributed by atoms with van der Waals surface area (Å²) in [7, 11) is 0. The number of nitrogens with one attached hydrogen (secondary N) is 1. The topological polar surface area (TPSA) is 49.4 Å². The second kappa shape index (κ2) is 12.8. The molecule has 3 aromatic carbocycles. The maximum atomic E-state index is 13.6. The maximum Gasteiger partial charge on any atom is 0.243 e. The largest absolute Gasteiger partial charge is 0.352 e. The molecular formula is C28H31BrN2O2S. The van der Waals surface area contributed by atoms with Crippen molar-refractivity contribution >= 4 is 39.5 Å². The van der Waals surface area contributed by atoms with Gasteiger partial charge in [-0.15, -0.1) is 11.8 Å². The van der Waals surface area contributed by atoms with Crippen molar-refractivity contribution < 1.29 is 9.59 Å². The highest BCUT2D eigenvalue weighted by molar-refractivity contribution is 9.10. The van der Waals surface area contributed by atoms with Crippen LogP contribution in [0.1, 0.15) is 30.5 Å². The number of nitrogens with zero attached hydrogens (tertiary/aromatic N) is 1. The van der Waals surface area contributed by atoms with Crippen LogP contribution < -0.4 is 5.32 Å². The number of carbonyl (C=O) groups is 2. The molecule has 3 aromatic rings. The van der Waals surface area contributed by atoms with E-state index in [2.05, 4.69) is 21.2 Å². The SMILES string of the molecule is Cc1ccc(SCC(=O)N(Cc2ccc(Br)cc2)C(Cc2ccccc2)C(=O)NC(C)C)cc1. The molecule has 1 unspecified atom stereocenters. The third-order valence-corrected chi connectivity index (χ3v) is 6.88. The molecule has 34 heavy (non-hydrogen) atoms. The van der Waals surface area contributed by atoms with E-state index in [0.29, 0.717) is 13.0 Å². The van der Waals surface area contributed by atoms with Gasteiger partial charge in [-0.2, -0.15) is 0 Å². The third-order valence-electron chi connectivity index (χ3n) is 5.35. The molecule has 0 spiro atoms. The summed E-state index contributed by atoms with van der Waals surface area (Å²) in [4.78, 5) is 29.7. The van der Waals surface area contributed by atoms with Crippen LogP contribution in [0.2, 0.25) is 0 Å². The molecule has 4 nitrogen and oxygen atoms in total. The van der Waals surface area contributed by atoms with Gasteiger partial charge >= 0.3 is 0 Å². The van der Waals surface area contributed by atoms with Gasteiger partial charge in [0, 0.05) is 28.4 Å². The number of aryl methyl sites for hydroxylation is 1. The zero-order valence-electron chi connectivity index (χ0n) is 19.8. The van der Waals surface area contributed by atoms with Crippen LogP contribution in [0.5, 0.6) is 0 Å². The number of thioether (sulfide) groups is 1. The Kier molecular flexibility index (Phi) is 9.78. The Morgan fingerprint density at radius 1 is 0.912 bits per heavy atom. The van der Waals surface area contributed by atoms with Gasteiger partial charge in [0.25, 0.3) is 0 Å². The standard InChI is InChI=1S/C28H31BrN2O2S/c1-20(2)30-28(33)26(17-22-7-5-4-6-8-22)31(18-23-11-13-24(29)14-12-23)27(32)19-34-25-15-9-21(3)10-16-25/h4-16,20,26H,17-19H2,1-3H3,(H,30,33). The van der Waals surface area contributed by atoms with Crippen LogP contribution >= 0.6 is 27.7 Å². The molecule has 0 aliphatic rings. The molecule has 1 atom stereocenters. The highest BCUT2D eigenvalue weighted by Crippen LogP contribution is 2.22. The van der Waals surface area contributed by atoms with E-state index in [0.717, 1.165) is 20.5 Å². The summed E-state index contributed by atoms with van der Waals surface area (Å²) < 4.78 is 0.974. The lowest BCUT2D eigenvalue weighted by Gasteiger charge is -2.32. The van der Waals surface area contributed by atoms with Crippen LogP contribution in [0.25, 0.3) is 0 Å². The third kappa shape index (κ3) is 8.03. The Bertz CT molecular complexity index is 1070. The fourth-order valence-corrected chi connectivity index (χ4v) is 4.63. The van der Waals surface area contributed by atoms with Gasteiger partial charge < -0.3 is 10.2 Å². The number of halogens is 1. The van der Waals surface area contributed by atoms with Gasteiger partial charge in [0.1, 0.15) is 6.04 Å². The fourth-order valence-electron chi connectivity index (χ4n) is 3.58. The van der Waals surface area contributed by atoms with Crippen molar-refractivity contribution in [1.29, 1.82) is 0 Å². The van der Waals surface area contributed by atoms with E-state index in [1.165, 1.54) is 17.3 Å². The van der Waals surface area contributed by atoms with Crippen LogP contribution in [-0.2, 0) is 22.6 Å². The molecule has 0 heterocycles. The Morgan fingerprint density at radius 3 is 2.18 bits per heavy atom. The minimum absolute atomic E-state index is 0.0164. The van der Waals surface area contributed by atoms with E-state index < -0.39 is 6.04 Å². The van der Waals surface area contributed by atoms with E-state index in [1.54, 1.807) is 4.90 Å². The summed E-state index contributed by atoms with van der Waals surface area (Å²) in [5.41, 5.74) is 3.18. The minimum Gasteiger partial charge on any atom is -0.352 e. The fraction of sp³-hybridized carbons (Fsp3) is 0.286. The molecule has 0 saturated carbocycles. The summed E-state index contributed by atoms with van der Waals surface area (Å²) in [6.07, 6.45) is 0.455. The first-order valence-corrected chi connectivity index (χ1v) is 13.2. The van der Waals surface area contributed by atoms with E-state index in [-0.39, 0.29) is 23.6 Å². The summed E-state index contributed by atoms with van der Waals surface area (Å²) in [5.74, 6) is 0.0674. The molecular weight excluding hydrogens is 508 g/mol. The van der Waals surface area contributed by atoms with E-state index >= 15 is 0 Å². The lowest BCUT2D eigenvalue weighted by Crippen LogP contribution is -2.52. The molecule has 0 saturated heterocycles. The normalized spacial score (nSPS) is 11.8. The first-order valence-electron chi connectivity index (χ1n) is 11.4. The first-order chi connectivity index (χ1) is 16.3. The van der Waals surface area contributed by atoms with E-state index in [1.807, 2.05) is 99.6 Å². The second-order valence-corrected chi connectivity index (χ2v) is 10.6.